The second-order valence-electron chi connectivity index (χ2n) is 7.48. The van der Waals surface area contributed by atoms with Crippen LogP contribution in [-0.2, 0) is 29.1 Å². The third-order valence-electron chi connectivity index (χ3n) is 5.29. The van der Waals surface area contributed by atoms with Gasteiger partial charge >= 0.3 is 5.97 Å². The van der Waals surface area contributed by atoms with Crippen LogP contribution < -0.4 is 16.2 Å². The van der Waals surface area contributed by atoms with Crippen molar-refractivity contribution in [2.45, 2.75) is 26.5 Å². The number of carbonyl (C=O) groups is 1. The molecule has 6 heteroatoms. The van der Waals surface area contributed by atoms with Crippen molar-refractivity contribution in [3.05, 3.63) is 83.6 Å². The smallest absolute Gasteiger partial charge is 0.310 e. The van der Waals surface area contributed by atoms with Crippen molar-refractivity contribution in [2.75, 3.05) is 12.3 Å². The van der Waals surface area contributed by atoms with Gasteiger partial charge < -0.3 is 25.4 Å². The molecule has 1 aromatic heterocycles. The van der Waals surface area contributed by atoms with E-state index in [1.165, 1.54) is 0 Å². The molecule has 0 saturated carbocycles. The van der Waals surface area contributed by atoms with Crippen LogP contribution in [0.4, 0.5) is 5.69 Å². The minimum Gasteiger partial charge on any atom is -0.486 e. The van der Waals surface area contributed by atoms with Crippen LogP contribution in [0.3, 0.4) is 0 Å². The van der Waals surface area contributed by atoms with Crippen LogP contribution in [0.2, 0.25) is 0 Å². The van der Waals surface area contributed by atoms with E-state index in [9.17, 15) is 4.79 Å². The molecule has 0 atom stereocenters. The zero-order valence-corrected chi connectivity index (χ0v) is 18.0. The Balaban J connectivity index is 1.60. The molecular weight excluding hydrogens is 404 g/mol. The van der Waals surface area contributed by atoms with Crippen LogP contribution in [0.1, 0.15) is 23.6 Å². The van der Waals surface area contributed by atoms with Gasteiger partial charge in [-0.3, -0.25) is 4.79 Å². The second-order valence-corrected chi connectivity index (χ2v) is 7.48. The Bertz CT molecular complexity index is 1250. The van der Waals surface area contributed by atoms with E-state index in [1.807, 2.05) is 30.3 Å². The van der Waals surface area contributed by atoms with E-state index >= 15 is 0 Å². The Hall–Kier alpha value is -3.77. The van der Waals surface area contributed by atoms with Crippen molar-refractivity contribution in [3.63, 3.8) is 0 Å². The number of hydrogen-bond acceptors (Lipinski definition) is 6. The van der Waals surface area contributed by atoms with Crippen molar-refractivity contribution in [1.29, 1.82) is 0 Å². The number of carbonyl (C=O) groups excluding carboxylic acids is 1. The standard InChI is InChI=1S/C26H26N2O4/c1-2-30-25(29)13-20-7-4-8-23(28)26(20)32-16-21-15-31-24-10-9-19(12-22(21)24)18-6-3-5-17(11-18)14-27/h3-12,15H,2,13-14,16,27-28H2,1H3. The van der Waals surface area contributed by atoms with Crippen molar-refractivity contribution in [1.82, 2.24) is 0 Å². The van der Waals surface area contributed by atoms with E-state index in [1.54, 1.807) is 25.3 Å². The van der Waals surface area contributed by atoms with Gasteiger partial charge in [-0.2, -0.15) is 0 Å². The Morgan fingerprint density at radius 3 is 2.62 bits per heavy atom. The summed E-state index contributed by atoms with van der Waals surface area (Å²) in [6.07, 6.45) is 1.79. The minimum atomic E-state index is -0.318. The molecule has 4 rings (SSSR count). The number of furan rings is 1. The maximum atomic E-state index is 12.0. The van der Waals surface area contributed by atoms with E-state index in [-0.39, 0.29) is 19.0 Å². The summed E-state index contributed by atoms with van der Waals surface area (Å²) in [5, 5.41) is 0.960. The lowest BCUT2D eigenvalue weighted by Gasteiger charge is -2.13. The van der Waals surface area contributed by atoms with E-state index in [0.717, 1.165) is 33.2 Å². The maximum absolute atomic E-state index is 12.0. The molecule has 0 aliphatic rings. The number of hydrogen-bond donors (Lipinski definition) is 2. The molecule has 0 unspecified atom stereocenters. The molecule has 0 spiro atoms. The summed E-state index contributed by atoms with van der Waals surface area (Å²) in [6, 6.07) is 19.6. The molecule has 4 aromatic rings. The van der Waals surface area contributed by atoms with Crippen molar-refractivity contribution < 1.29 is 18.7 Å². The average Bonchev–Trinajstić information content (AvgIpc) is 3.21. The van der Waals surface area contributed by atoms with Crippen molar-refractivity contribution in [3.8, 4) is 16.9 Å². The van der Waals surface area contributed by atoms with E-state index < -0.39 is 0 Å². The van der Waals surface area contributed by atoms with Crippen LogP contribution in [0.25, 0.3) is 22.1 Å². The Morgan fingerprint density at radius 2 is 1.81 bits per heavy atom. The largest absolute Gasteiger partial charge is 0.486 e. The van der Waals surface area contributed by atoms with Crippen LogP contribution in [-0.4, -0.2) is 12.6 Å². The molecule has 164 valence electrons. The summed E-state index contributed by atoms with van der Waals surface area (Å²) in [6.45, 7) is 2.85. The SMILES string of the molecule is CCOC(=O)Cc1cccc(N)c1OCc1coc2ccc(-c3cccc(CN)c3)cc12. The molecule has 3 aromatic carbocycles. The molecule has 1 heterocycles. The molecular formula is C26H26N2O4. The highest BCUT2D eigenvalue weighted by Gasteiger charge is 2.15. The summed E-state index contributed by atoms with van der Waals surface area (Å²) in [5.74, 6) is 0.169. The number of benzene rings is 3. The molecule has 0 radical (unpaired) electrons. The number of ether oxygens (including phenoxy) is 2. The second kappa shape index (κ2) is 9.58. The number of esters is 1. The summed E-state index contributed by atoms with van der Waals surface area (Å²) in [4.78, 5) is 12.0. The monoisotopic (exact) mass is 430 g/mol. The predicted octanol–water partition coefficient (Wildman–Crippen LogP) is 4.83. The summed E-state index contributed by atoms with van der Waals surface area (Å²) in [5.41, 5.74) is 18.0. The van der Waals surface area contributed by atoms with Gasteiger partial charge in [-0.05, 0) is 47.9 Å². The maximum Gasteiger partial charge on any atom is 0.310 e. The third-order valence-corrected chi connectivity index (χ3v) is 5.29. The molecule has 6 nitrogen and oxygen atoms in total. The Labute approximate surface area is 186 Å². The number of fused-ring (bicyclic) bond motifs is 1. The summed E-state index contributed by atoms with van der Waals surface area (Å²) >= 11 is 0. The van der Waals surface area contributed by atoms with E-state index in [4.69, 9.17) is 25.4 Å². The number of anilines is 1. The van der Waals surface area contributed by atoms with Gasteiger partial charge in [0.25, 0.3) is 0 Å². The first-order valence-electron chi connectivity index (χ1n) is 10.5. The highest BCUT2D eigenvalue weighted by atomic mass is 16.5. The molecule has 0 saturated heterocycles. The highest BCUT2D eigenvalue weighted by Crippen LogP contribution is 2.32. The van der Waals surface area contributed by atoms with Crippen LogP contribution in [0.15, 0.2) is 71.3 Å². The normalized spacial score (nSPS) is 10.9. The molecule has 0 bridgehead atoms. The Morgan fingerprint density at radius 1 is 1.00 bits per heavy atom. The number of para-hydroxylation sites is 1. The van der Waals surface area contributed by atoms with E-state index in [2.05, 4.69) is 18.2 Å². The lowest BCUT2D eigenvalue weighted by molar-refractivity contribution is -0.142. The fourth-order valence-electron chi connectivity index (χ4n) is 3.69. The minimum absolute atomic E-state index is 0.0992. The first-order valence-corrected chi connectivity index (χ1v) is 10.5. The van der Waals surface area contributed by atoms with Crippen molar-refractivity contribution >= 4 is 22.6 Å². The van der Waals surface area contributed by atoms with Gasteiger partial charge in [-0.15, -0.1) is 0 Å². The zero-order chi connectivity index (χ0) is 22.5. The third kappa shape index (κ3) is 4.60. The summed E-state index contributed by atoms with van der Waals surface area (Å²) < 4.78 is 16.9. The first kappa shape index (κ1) is 21.5. The predicted molar refractivity (Wildman–Crippen MR) is 125 cm³/mol. The van der Waals surface area contributed by atoms with Crippen LogP contribution in [0, 0.1) is 0 Å². The van der Waals surface area contributed by atoms with Crippen molar-refractivity contribution in [2.24, 2.45) is 5.73 Å². The summed E-state index contributed by atoms with van der Waals surface area (Å²) in [7, 11) is 0. The van der Waals surface area contributed by atoms with Gasteiger partial charge in [0.05, 0.1) is 25.0 Å². The molecule has 0 aliphatic carbocycles. The zero-order valence-electron chi connectivity index (χ0n) is 18.0. The quantitative estimate of drug-likeness (QED) is 0.307. The lowest BCUT2D eigenvalue weighted by atomic mass is 10.0. The molecule has 32 heavy (non-hydrogen) atoms. The van der Waals surface area contributed by atoms with Crippen LogP contribution in [0.5, 0.6) is 5.75 Å². The van der Waals surface area contributed by atoms with Gasteiger partial charge in [0.1, 0.15) is 17.9 Å². The van der Waals surface area contributed by atoms with Crippen LogP contribution >= 0.6 is 0 Å². The number of nitrogens with two attached hydrogens (primary N) is 2. The van der Waals surface area contributed by atoms with Gasteiger partial charge in [-0.25, -0.2) is 0 Å². The first-order chi connectivity index (χ1) is 15.6. The number of nitrogen functional groups attached to an aromatic ring is 1. The van der Waals surface area contributed by atoms with Gasteiger partial charge in [0, 0.05) is 23.1 Å². The van der Waals surface area contributed by atoms with Gasteiger partial charge in [0.2, 0.25) is 0 Å². The van der Waals surface area contributed by atoms with Gasteiger partial charge in [-0.1, -0.05) is 36.4 Å². The molecule has 0 aliphatic heterocycles. The fraction of sp³-hybridized carbons (Fsp3) is 0.192. The lowest BCUT2D eigenvalue weighted by Crippen LogP contribution is -2.10. The fourth-order valence-corrected chi connectivity index (χ4v) is 3.69. The Kier molecular flexibility index (Phi) is 6.42. The van der Waals surface area contributed by atoms with Gasteiger partial charge in [0.15, 0.2) is 0 Å². The number of rotatable bonds is 8. The topological polar surface area (TPSA) is 101 Å². The molecule has 4 N–H and O–H groups in total. The average molecular weight is 431 g/mol. The molecule has 0 fully saturated rings. The van der Waals surface area contributed by atoms with E-state index in [0.29, 0.717) is 30.2 Å². The molecule has 0 amide bonds. The highest BCUT2D eigenvalue weighted by molar-refractivity contribution is 5.86.